The normalized spacial score (nSPS) is 28.9. The molecule has 0 amide bonds. The molecule has 114 valence electrons. The highest BCUT2D eigenvalue weighted by atomic mass is 16.1. The van der Waals surface area contributed by atoms with Gasteiger partial charge in [-0.1, -0.05) is 50.5 Å². The summed E-state index contributed by atoms with van der Waals surface area (Å²) in [6.07, 6.45) is 10.6. The third-order valence-electron chi connectivity index (χ3n) is 5.76. The molecule has 3 rings (SSSR count). The first kappa shape index (κ1) is 14.8. The maximum atomic E-state index is 12.7. The number of carbonyl (C=O) groups is 1. The standard InChI is InChI=1S/C20H28O/c1-2-15-7-5-11-18(13-15)20(21)14-17-10-6-9-16-8-3-4-12-19(16)17/h3-4,8,12,15,17-18H,2,5-7,9-11,13-14H2,1H3. The summed E-state index contributed by atoms with van der Waals surface area (Å²) in [5.74, 6) is 2.20. The van der Waals surface area contributed by atoms with E-state index in [0.29, 0.717) is 17.6 Å². The van der Waals surface area contributed by atoms with Gasteiger partial charge in [-0.05, 0) is 55.1 Å². The van der Waals surface area contributed by atoms with Crippen LogP contribution < -0.4 is 0 Å². The third kappa shape index (κ3) is 3.39. The van der Waals surface area contributed by atoms with Crippen LogP contribution >= 0.6 is 0 Å². The third-order valence-corrected chi connectivity index (χ3v) is 5.76. The molecule has 3 atom stereocenters. The van der Waals surface area contributed by atoms with E-state index in [0.717, 1.165) is 25.2 Å². The van der Waals surface area contributed by atoms with Crippen molar-refractivity contribution in [3.63, 3.8) is 0 Å². The Morgan fingerprint density at radius 3 is 2.86 bits per heavy atom. The van der Waals surface area contributed by atoms with Crippen molar-refractivity contribution in [1.29, 1.82) is 0 Å². The van der Waals surface area contributed by atoms with E-state index < -0.39 is 0 Å². The van der Waals surface area contributed by atoms with E-state index in [1.165, 1.54) is 49.7 Å². The van der Waals surface area contributed by atoms with E-state index in [4.69, 9.17) is 0 Å². The molecule has 1 nitrogen and oxygen atoms in total. The fourth-order valence-electron chi connectivity index (χ4n) is 4.43. The number of hydrogen-bond acceptors (Lipinski definition) is 1. The van der Waals surface area contributed by atoms with Gasteiger partial charge >= 0.3 is 0 Å². The zero-order valence-electron chi connectivity index (χ0n) is 13.3. The molecule has 0 bridgehead atoms. The van der Waals surface area contributed by atoms with Crippen molar-refractivity contribution in [1.82, 2.24) is 0 Å². The SMILES string of the molecule is CCC1CCCC(C(=O)CC2CCCc3ccccc32)C1. The number of hydrogen-bond donors (Lipinski definition) is 0. The number of benzene rings is 1. The molecule has 2 aliphatic rings. The molecular weight excluding hydrogens is 256 g/mol. The van der Waals surface area contributed by atoms with Gasteiger partial charge in [0.05, 0.1) is 0 Å². The average molecular weight is 284 g/mol. The fraction of sp³-hybridized carbons (Fsp3) is 0.650. The molecule has 0 spiro atoms. The molecule has 0 aliphatic heterocycles. The molecule has 1 fully saturated rings. The highest BCUT2D eigenvalue weighted by molar-refractivity contribution is 5.82. The van der Waals surface area contributed by atoms with Crippen LogP contribution in [0.3, 0.4) is 0 Å². The molecule has 0 saturated heterocycles. The van der Waals surface area contributed by atoms with Gasteiger partial charge in [-0.25, -0.2) is 0 Å². The molecule has 0 aromatic heterocycles. The largest absolute Gasteiger partial charge is 0.299 e. The van der Waals surface area contributed by atoms with Crippen molar-refractivity contribution < 1.29 is 4.79 Å². The van der Waals surface area contributed by atoms with Crippen molar-refractivity contribution >= 4 is 5.78 Å². The lowest BCUT2D eigenvalue weighted by molar-refractivity contribution is -0.124. The van der Waals surface area contributed by atoms with E-state index >= 15 is 0 Å². The number of fused-ring (bicyclic) bond motifs is 1. The molecule has 1 aromatic carbocycles. The summed E-state index contributed by atoms with van der Waals surface area (Å²) in [5.41, 5.74) is 2.94. The molecule has 0 heterocycles. The smallest absolute Gasteiger partial charge is 0.136 e. The Morgan fingerprint density at radius 2 is 2.00 bits per heavy atom. The van der Waals surface area contributed by atoms with Crippen molar-refractivity contribution in [2.75, 3.05) is 0 Å². The number of Topliss-reactive ketones (excluding diaryl/α,β-unsaturated/α-hetero) is 1. The summed E-state index contributed by atoms with van der Waals surface area (Å²) in [4.78, 5) is 12.7. The number of carbonyl (C=O) groups excluding carboxylic acids is 1. The van der Waals surface area contributed by atoms with Gasteiger partial charge in [0.25, 0.3) is 0 Å². The Morgan fingerprint density at radius 1 is 1.14 bits per heavy atom. The minimum absolute atomic E-state index is 0.359. The van der Waals surface area contributed by atoms with E-state index in [9.17, 15) is 4.79 Å². The Balaban J connectivity index is 1.65. The number of rotatable bonds is 4. The van der Waals surface area contributed by atoms with E-state index in [1.807, 2.05) is 0 Å². The van der Waals surface area contributed by atoms with Gasteiger partial charge in [0.2, 0.25) is 0 Å². The molecule has 21 heavy (non-hydrogen) atoms. The second kappa shape index (κ2) is 6.77. The number of ketones is 1. The summed E-state index contributed by atoms with van der Waals surface area (Å²) in [7, 11) is 0. The van der Waals surface area contributed by atoms with Crippen LogP contribution in [0.15, 0.2) is 24.3 Å². The van der Waals surface area contributed by atoms with Crippen LogP contribution in [0, 0.1) is 11.8 Å². The van der Waals surface area contributed by atoms with Crippen LogP contribution in [0.1, 0.15) is 75.3 Å². The maximum Gasteiger partial charge on any atom is 0.136 e. The van der Waals surface area contributed by atoms with Gasteiger partial charge in [0, 0.05) is 12.3 Å². The molecule has 1 aromatic rings. The predicted octanol–water partition coefficient (Wildman–Crippen LogP) is 5.28. The molecule has 1 saturated carbocycles. The summed E-state index contributed by atoms with van der Waals surface area (Å²) < 4.78 is 0. The fourth-order valence-corrected chi connectivity index (χ4v) is 4.43. The lowest BCUT2D eigenvalue weighted by Gasteiger charge is -2.30. The first-order valence-corrected chi connectivity index (χ1v) is 8.88. The van der Waals surface area contributed by atoms with Crippen molar-refractivity contribution in [2.45, 2.75) is 70.6 Å². The first-order valence-electron chi connectivity index (χ1n) is 8.88. The van der Waals surface area contributed by atoms with Gasteiger partial charge in [-0.15, -0.1) is 0 Å². The highest BCUT2D eigenvalue weighted by Gasteiger charge is 2.29. The van der Waals surface area contributed by atoms with Crippen molar-refractivity contribution in [2.24, 2.45) is 11.8 Å². The Bertz CT molecular complexity index is 490. The van der Waals surface area contributed by atoms with Crippen LogP contribution in [0.25, 0.3) is 0 Å². The summed E-state index contributed by atoms with van der Waals surface area (Å²) >= 11 is 0. The summed E-state index contributed by atoms with van der Waals surface area (Å²) in [5, 5.41) is 0. The zero-order valence-corrected chi connectivity index (χ0v) is 13.3. The van der Waals surface area contributed by atoms with Gasteiger partial charge < -0.3 is 0 Å². The second-order valence-corrected chi connectivity index (χ2v) is 7.10. The van der Waals surface area contributed by atoms with E-state index in [1.54, 1.807) is 0 Å². The quantitative estimate of drug-likeness (QED) is 0.735. The molecule has 0 radical (unpaired) electrons. The number of aryl methyl sites for hydroxylation is 1. The summed E-state index contributed by atoms with van der Waals surface area (Å²) in [6.45, 7) is 2.27. The van der Waals surface area contributed by atoms with Gasteiger partial charge in [0.15, 0.2) is 0 Å². The van der Waals surface area contributed by atoms with Crippen LogP contribution in [-0.2, 0) is 11.2 Å². The van der Waals surface area contributed by atoms with Gasteiger partial charge in [-0.2, -0.15) is 0 Å². The second-order valence-electron chi connectivity index (χ2n) is 7.10. The topological polar surface area (TPSA) is 17.1 Å². The predicted molar refractivity (Wildman–Crippen MR) is 87.5 cm³/mol. The minimum atomic E-state index is 0.359. The summed E-state index contributed by atoms with van der Waals surface area (Å²) in [6, 6.07) is 8.77. The van der Waals surface area contributed by atoms with E-state index in [2.05, 4.69) is 31.2 Å². The average Bonchev–Trinajstić information content (AvgIpc) is 2.55. The van der Waals surface area contributed by atoms with Crippen LogP contribution in [-0.4, -0.2) is 5.78 Å². The Labute approximate surface area is 129 Å². The van der Waals surface area contributed by atoms with Gasteiger partial charge in [-0.3, -0.25) is 4.79 Å². The monoisotopic (exact) mass is 284 g/mol. The van der Waals surface area contributed by atoms with Gasteiger partial charge in [0.1, 0.15) is 5.78 Å². The lowest BCUT2D eigenvalue weighted by Crippen LogP contribution is -2.25. The zero-order chi connectivity index (χ0) is 14.7. The highest BCUT2D eigenvalue weighted by Crippen LogP contribution is 2.37. The first-order chi connectivity index (χ1) is 10.3. The molecule has 2 aliphatic carbocycles. The van der Waals surface area contributed by atoms with Crippen LogP contribution in [0.5, 0.6) is 0 Å². The minimum Gasteiger partial charge on any atom is -0.299 e. The molecular formula is C20H28O. The van der Waals surface area contributed by atoms with Crippen LogP contribution in [0.4, 0.5) is 0 Å². The molecule has 1 heteroatoms. The Kier molecular flexibility index (Phi) is 4.77. The van der Waals surface area contributed by atoms with Crippen molar-refractivity contribution in [3.8, 4) is 0 Å². The van der Waals surface area contributed by atoms with Crippen molar-refractivity contribution in [3.05, 3.63) is 35.4 Å². The molecule has 0 N–H and O–H groups in total. The van der Waals surface area contributed by atoms with Crippen LogP contribution in [0.2, 0.25) is 0 Å². The Hall–Kier alpha value is -1.11. The van der Waals surface area contributed by atoms with E-state index in [-0.39, 0.29) is 0 Å². The maximum absolute atomic E-state index is 12.7. The molecule has 3 unspecified atom stereocenters. The lowest BCUT2D eigenvalue weighted by atomic mass is 9.74.